The first kappa shape index (κ1) is 14.2. The van der Waals surface area contributed by atoms with Crippen LogP contribution in [0, 0.1) is 0 Å². The Morgan fingerprint density at radius 1 is 1.30 bits per heavy atom. The summed E-state index contributed by atoms with van der Waals surface area (Å²) in [6.45, 7) is 4.78. The van der Waals surface area contributed by atoms with E-state index in [0.29, 0.717) is 18.0 Å². The minimum atomic E-state index is -0.163. The molecule has 0 atom stereocenters. The van der Waals surface area contributed by atoms with E-state index in [1.165, 1.54) is 0 Å². The summed E-state index contributed by atoms with van der Waals surface area (Å²) in [6, 6.07) is 7.43. The Morgan fingerprint density at radius 3 is 2.65 bits per heavy atom. The van der Waals surface area contributed by atoms with Crippen molar-refractivity contribution < 1.29 is 4.74 Å². The summed E-state index contributed by atoms with van der Waals surface area (Å²) < 4.78 is 8.79. The molecule has 20 heavy (non-hydrogen) atoms. The number of nitrogen functional groups attached to an aromatic ring is 1. The van der Waals surface area contributed by atoms with Gasteiger partial charge in [0.2, 0.25) is 0 Å². The fraction of sp³-hybridized carbons (Fsp3) is 0.400. The van der Waals surface area contributed by atoms with Gasteiger partial charge in [-0.05, 0) is 25.5 Å². The molecule has 0 aliphatic rings. The van der Waals surface area contributed by atoms with Gasteiger partial charge in [-0.2, -0.15) is 0 Å². The van der Waals surface area contributed by atoms with Gasteiger partial charge in [-0.3, -0.25) is 9.48 Å². The van der Waals surface area contributed by atoms with Gasteiger partial charge in [0.1, 0.15) is 11.4 Å². The zero-order chi connectivity index (χ0) is 14.7. The van der Waals surface area contributed by atoms with Crippen molar-refractivity contribution in [3.63, 3.8) is 0 Å². The van der Waals surface area contributed by atoms with E-state index in [9.17, 15) is 4.79 Å². The molecule has 0 saturated heterocycles. The van der Waals surface area contributed by atoms with E-state index in [-0.39, 0.29) is 5.56 Å². The van der Waals surface area contributed by atoms with Crippen LogP contribution in [0.1, 0.15) is 26.0 Å². The molecule has 5 nitrogen and oxygen atoms in total. The smallest absolute Gasteiger partial charge is 0.294 e. The third kappa shape index (κ3) is 2.31. The second-order valence-corrected chi connectivity index (χ2v) is 4.64. The summed E-state index contributed by atoms with van der Waals surface area (Å²) >= 11 is 0. The van der Waals surface area contributed by atoms with E-state index < -0.39 is 0 Å². The topological polar surface area (TPSA) is 62.2 Å². The Balaban J connectivity index is 2.66. The van der Waals surface area contributed by atoms with Gasteiger partial charge in [0.15, 0.2) is 0 Å². The van der Waals surface area contributed by atoms with Crippen LogP contribution in [0.5, 0.6) is 5.75 Å². The van der Waals surface area contributed by atoms with Crippen molar-refractivity contribution in [2.24, 2.45) is 0 Å². The Kier molecular flexibility index (Phi) is 4.17. The molecule has 0 fully saturated rings. The van der Waals surface area contributed by atoms with E-state index in [1.807, 2.05) is 35.9 Å². The van der Waals surface area contributed by atoms with Crippen molar-refractivity contribution in [1.82, 2.24) is 9.36 Å². The number of hydrogen-bond acceptors (Lipinski definition) is 3. The number of aromatic nitrogens is 2. The molecular formula is C15H21N3O2. The number of nitrogens with zero attached hydrogens (tertiary/aromatic N) is 2. The fourth-order valence-electron chi connectivity index (χ4n) is 2.44. The molecule has 0 bridgehead atoms. The number of benzene rings is 1. The predicted octanol–water partition coefficient (Wildman–Crippen LogP) is 2.20. The lowest BCUT2D eigenvalue weighted by atomic mass is 10.2. The fourth-order valence-corrected chi connectivity index (χ4v) is 2.44. The molecule has 1 heterocycles. The van der Waals surface area contributed by atoms with Crippen LogP contribution in [0.4, 0.5) is 5.69 Å². The lowest BCUT2D eigenvalue weighted by molar-refractivity contribution is 0.414. The van der Waals surface area contributed by atoms with Crippen LogP contribution in [0.2, 0.25) is 0 Å². The lowest BCUT2D eigenvalue weighted by Crippen LogP contribution is -2.22. The minimum Gasteiger partial charge on any atom is -0.497 e. The molecule has 0 unspecified atom stereocenters. The van der Waals surface area contributed by atoms with Crippen molar-refractivity contribution in [3.05, 3.63) is 40.3 Å². The van der Waals surface area contributed by atoms with E-state index in [0.717, 1.165) is 24.2 Å². The normalized spacial score (nSPS) is 10.8. The minimum absolute atomic E-state index is 0.163. The standard InChI is InChI=1S/C15H21N3O2/c1-4-7-13-14(16)15(19)18(17(13)5-2)11-8-6-9-12(10-11)20-3/h6,8-10H,4-5,7,16H2,1-3H3. The first-order valence-electron chi connectivity index (χ1n) is 6.88. The number of nitrogens with two attached hydrogens (primary N) is 1. The molecule has 0 aliphatic carbocycles. The van der Waals surface area contributed by atoms with Gasteiger partial charge in [0.05, 0.1) is 18.5 Å². The van der Waals surface area contributed by atoms with Gasteiger partial charge in [-0.25, -0.2) is 4.68 Å². The molecule has 0 amide bonds. The summed E-state index contributed by atoms with van der Waals surface area (Å²) in [5, 5.41) is 0. The highest BCUT2D eigenvalue weighted by Gasteiger charge is 2.17. The number of methoxy groups -OCH3 is 1. The Bertz CT molecular complexity index is 656. The van der Waals surface area contributed by atoms with Crippen LogP contribution in [0.25, 0.3) is 5.69 Å². The summed E-state index contributed by atoms with van der Waals surface area (Å²) in [5.74, 6) is 0.717. The third-order valence-electron chi connectivity index (χ3n) is 3.37. The molecular weight excluding hydrogens is 254 g/mol. The summed E-state index contributed by atoms with van der Waals surface area (Å²) in [6.07, 6.45) is 1.75. The van der Waals surface area contributed by atoms with Gasteiger partial charge < -0.3 is 10.5 Å². The molecule has 2 aromatic rings. The van der Waals surface area contributed by atoms with Crippen LogP contribution < -0.4 is 16.0 Å². The second kappa shape index (κ2) is 5.86. The predicted molar refractivity (Wildman–Crippen MR) is 80.7 cm³/mol. The van der Waals surface area contributed by atoms with Crippen molar-refractivity contribution >= 4 is 5.69 Å². The van der Waals surface area contributed by atoms with Crippen LogP contribution in [0.3, 0.4) is 0 Å². The van der Waals surface area contributed by atoms with Gasteiger partial charge in [-0.1, -0.05) is 19.4 Å². The molecule has 2 N–H and O–H groups in total. The van der Waals surface area contributed by atoms with Crippen LogP contribution >= 0.6 is 0 Å². The lowest BCUT2D eigenvalue weighted by Gasteiger charge is -2.13. The highest BCUT2D eigenvalue weighted by Crippen LogP contribution is 2.19. The summed E-state index contributed by atoms with van der Waals surface area (Å²) in [7, 11) is 1.61. The van der Waals surface area contributed by atoms with Crippen molar-refractivity contribution in [2.75, 3.05) is 12.8 Å². The van der Waals surface area contributed by atoms with Crippen LogP contribution in [-0.2, 0) is 13.0 Å². The molecule has 5 heteroatoms. The zero-order valence-corrected chi connectivity index (χ0v) is 12.2. The van der Waals surface area contributed by atoms with E-state index in [2.05, 4.69) is 6.92 Å². The molecule has 108 valence electrons. The van der Waals surface area contributed by atoms with Crippen molar-refractivity contribution in [3.8, 4) is 11.4 Å². The molecule has 0 saturated carbocycles. The average Bonchev–Trinajstić information content (AvgIpc) is 2.72. The maximum Gasteiger partial charge on any atom is 0.294 e. The maximum atomic E-state index is 12.4. The van der Waals surface area contributed by atoms with Gasteiger partial charge >= 0.3 is 0 Å². The number of hydrogen-bond donors (Lipinski definition) is 1. The first-order chi connectivity index (χ1) is 9.63. The van der Waals surface area contributed by atoms with Crippen LogP contribution in [0.15, 0.2) is 29.1 Å². The zero-order valence-electron chi connectivity index (χ0n) is 12.2. The van der Waals surface area contributed by atoms with Gasteiger partial charge in [0, 0.05) is 12.6 Å². The summed E-state index contributed by atoms with van der Waals surface area (Å²) in [4.78, 5) is 12.4. The number of ether oxygens (including phenoxy) is 1. The summed E-state index contributed by atoms with van der Waals surface area (Å²) in [5.41, 5.74) is 7.84. The Labute approximate surface area is 118 Å². The molecule has 0 spiro atoms. The Morgan fingerprint density at radius 2 is 2.05 bits per heavy atom. The van der Waals surface area contributed by atoms with Crippen molar-refractivity contribution in [2.45, 2.75) is 33.2 Å². The van der Waals surface area contributed by atoms with Gasteiger partial charge in [-0.15, -0.1) is 0 Å². The van der Waals surface area contributed by atoms with E-state index in [4.69, 9.17) is 10.5 Å². The number of rotatable bonds is 5. The third-order valence-corrected chi connectivity index (χ3v) is 3.37. The first-order valence-corrected chi connectivity index (χ1v) is 6.88. The molecule has 0 aliphatic heterocycles. The largest absolute Gasteiger partial charge is 0.497 e. The SMILES string of the molecule is CCCc1c(N)c(=O)n(-c2cccc(OC)c2)n1CC. The molecule has 1 aromatic carbocycles. The highest BCUT2D eigenvalue weighted by atomic mass is 16.5. The quantitative estimate of drug-likeness (QED) is 0.910. The Hall–Kier alpha value is -2.17. The maximum absolute atomic E-state index is 12.4. The molecule has 0 radical (unpaired) electrons. The number of anilines is 1. The van der Waals surface area contributed by atoms with Crippen LogP contribution in [-0.4, -0.2) is 16.5 Å². The van der Waals surface area contributed by atoms with E-state index >= 15 is 0 Å². The highest BCUT2D eigenvalue weighted by molar-refractivity contribution is 5.47. The van der Waals surface area contributed by atoms with Crippen molar-refractivity contribution in [1.29, 1.82) is 0 Å². The van der Waals surface area contributed by atoms with E-state index in [1.54, 1.807) is 11.8 Å². The second-order valence-electron chi connectivity index (χ2n) is 4.64. The monoisotopic (exact) mass is 275 g/mol. The average molecular weight is 275 g/mol. The molecule has 1 aromatic heterocycles. The molecule has 2 rings (SSSR count). The van der Waals surface area contributed by atoms with Gasteiger partial charge in [0.25, 0.3) is 5.56 Å².